The molecule has 0 fully saturated rings. The Labute approximate surface area is 216 Å². The number of hydrogen-bond donors (Lipinski definition) is 1. The van der Waals surface area contributed by atoms with Crippen LogP contribution < -0.4 is 0 Å². The molecule has 0 spiro atoms. The van der Waals surface area contributed by atoms with Crippen molar-refractivity contribution in [3.05, 3.63) is 12.2 Å². The monoisotopic (exact) mass is 492 g/mol. The Balaban J connectivity index is 2.49. The van der Waals surface area contributed by atoms with Gasteiger partial charge in [0, 0.05) is 0 Å². The van der Waals surface area contributed by atoms with Gasteiger partial charge in [-0.05, 0) is 45.4 Å². The van der Waals surface area contributed by atoms with Crippen LogP contribution in [0.25, 0.3) is 0 Å². The molecule has 0 saturated heterocycles. The Bertz CT molecular complexity index is 585. The van der Waals surface area contributed by atoms with Gasteiger partial charge in [0.15, 0.2) is 0 Å². The lowest BCUT2D eigenvalue weighted by Crippen LogP contribution is -2.42. The third kappa shape index (κ3) is 13.5. The van der Waals surface area contributed by atoms with Crippen molar-refractivity contribution in [1.82, 2.24) is 0 Å². The van der Waals surface area contributed by atoms with Crippen LogP contribution in [0.4, 0.5) is 0 Å². The molecule has 0 aromatic heterocycles. The Kier molecular flexibility index (Phi) is 18.0. The second-order valence-electron chi connectivity index (χ2n) is 11.1. The van der Waals surface area contributed by atoms with Gasteiger partial charge in [-0.25, -0.2) is 0 Å². The Morgan fingerprint density at radius 1 is 0.800 bits per heavy atom. The number of aliphatic carboxylic acids is 1. The van der Waals surface area contributed by atoms with E-state index in [4.69, 9.17) is 4.74 Å². The van der Waals surface area contributed by atoms with Crippen LogP contribution in [0.5, 0.6) is 0 Å². The lowest BCUT2D eigenvalue weighted by Gasteiger charge is -2.34. The summed E-state index contributed by atoms with van der Waals surface area (Å²) in [6, 6.07) is 0. The van der Waals surface area contributed by atoms with Crippen LogP contribution in [0.3, 0.4) is 0 Å². The molecule has 4 heteroatoms. The quantitative estimate of drug-likeness (QED) is 0.0928. The van der Waals surface area contributed by atoms with Crippen molar-refractivity contribution in [2.75, 3.05) is 0 Å². The molecule has 1 N–H and O–H groups in total. The predicted molar refractivity (Wildman–Crippen MR) is 147 cm³/mol. The van der Waals surface area contributed by atoms with E-state index in [1.54, 1.807) is 13.0 Å². The van der Waals surface area contributed by atoms with E-state index in [-0.39, 0.29) is 12.1 Å². The van der Waals surface area contributed by atoms with E-state index >= 15 is 0 Å². The molecule has 35 heavy (non-hydrogen) atoms. The number of hydrogen-bond acceptors (Lipinski definition) is 3. The highest BCUT2D eigenvalue weighted by atomic mass is 16.5. The topological polar surface area (TPSA) is 63.6 Å². The van der Waals surface area contributed by atoms with Gasteiger partial charge >= 0.3 is 11.9 Å². The van der Waals surface area contributed by atoms with Crippen molar-refractivity contribution in [3.8, 4) is 0 Å². The largest absolute Gasteiger partial charge is 0.481 e. The molecule has 1 aliphatic rings. The Hall–Kier alpha value is -1.32. The predicted octanol–water partition coefficient (Wildman–Crippen LogP) is 9.41. The van der Waals surface area contributed by atoms with E-state index < -0.39 is 17.3 Å². The molecule has 0 saturated carbocycles. The molecule has 1 rings (SSSR count). The van der Waals surface area contributed by atoms with Crippen molar-refractivity contribution in [2.24, 2.45) is 11.3 Å². The standard InChI is InChI=1S/C31H56O4/c1-4-6-8-10-12-14-16-18-20-24-27(23-19-17-15-13-11-9-7-5-2)35-30(34)31(3)26-22-21-25-28(31)29(32)33/h22,26-28H,4-21,23-25H2,1-3H3,(H,32,33). The Morgan fingerprint density at radius 2 is 1.23 bits per heavy atom. The molecule has 1 aliphatic carbocycles. The molecule has 0 bridgehead atoms. The first kappa shape index (κ1) is 31.7. The first-order valence-corrected chi connectivity index (χ1v) is 15.1. The highest BCUT2D eigenvalue weighted by molar-refractivity contribution is 5.86. The Morgan fingerprint density at radius 3 is 1.66 bits per heavy atom. The molecule has 0 aliphatic heterocycles. The van der Waals surface area contributed by atoms with E-state index in [1.807, 2.05) is 6.08 Å². The molecule has 0 amide bonds. The van der Waals surface area contributed by atoms with Crippen LogP contribution >= 0.6 is 0 Å². The SMILES string of the molecule is CCCCCCCCCCCC(CCCCCCCCCC)OC(=O)C1(C)C=CCCC1C(=O)O. The van der Waals surface area contributed by atoms with Crippen LogP contribution in [0.1, 0.15) is 156 Å². The molecule has 0 radical (unpaired) electrons. The van der Waals surface area contributed by atoms with Crippen molar-refractivity contribution in [1.29, 1.82) is 0 Å². The van der Waals surface area contributed by atoms with Crippen LogP contribution in [0.2, 0.25) is 0 Å². The number of carbonyl (C=O) groups excluding carboxylic acids is 1. The highest BCUT2D eigenvalue weighted by Gasteiger charge is 2.46. The number of carboxylic acid groups (broad SMARTS) is 1. The van der Waals surface area contributed by atoms with Gasteiger partial charge in [-0.1, -0.05) is 122 Å². The van der Waals surface area contributed by atoms with Crippen molar-refractivity contribution in [2.45, 2.75) is 162 Å². The molecule has 4 nitrogen and oxygen atoms in total. The fraction of sp³-hybridized carbons (Fsp3) is 0.871. The second-order valence-corrected chi connectivity index (χ2v) is 11.1. The molecule has 3 unspecified atom stereocenters. The smallest absolute Gasteiger partial charge is 0.316 e. The van der Waals surface area contributed by atoms with E-state index in [0.717, 1.165) is 25.7 Å². The summed E-state index contributed by atoms with van der Waals surface area (Å²) < 4.78 is 6.05. The maximum absolute atomic E-state index is 13.2. The van der Waals surface area contributed by atoms with E-state index in [9.17, 15) is 14.7 Å². The van der Waals surface area contributed by atoms with Crippen LogP contribution in [-0.4, -0.2) is 23.1 Å². The first-order chi connectivity index (χ1) is 17.0. The summed E-state index contributed by atoms with van der Waals surface area (Å²) in [7, 11) is 0. The molecule has 0 aromatic carbocycles. The number of rotatable bonds is 22. The van der Waals surface area contributed by atoms with Gasteiger partial charge in [-0.3, -0.25) is 9.59 Å². The molecule has 3 atom stereocenters. The van der Waals surface area contributed by atoms with E-state index in [0.29, 0.717) is 12.8 Å². The number of ether oxygens (including phenoxy) is 1. The van der Waals surface area contributed by atoms with Gasteiger partial charge in [0.1, 0.15) is 6.10 Å². The second kappa shape index (κ2) is 19.8. The third-order valence-corrected chi connectivity index (χ3v) is 7.83. The summed E-state index contributed by atoms with van der Waals surface area (Å²) in [5, 5.41) is 9.68. The van der Waals surface area contributed by atoms with Gasteiger partial charge < -0.3 is 9.84 Å². The number of allylic oxidation sites excluding steroid dienone is 1. The summed E-state index contributed by atoms with van der Waals surface area (Å²) in [6.45, 7) is 6.25. The average Bonchev–Trinajstić information content (AvgIpc) is 2.84. The molecular weight excluding hydrogens is 436 g/mol. The van der Waals surface area contributed by atoms with Crippen LogP contribution in [-0.2, 0) is 14.3 Å². The van der Waals surface area contributed by atoms with Gasteiger partial charge in [0.25, 0.3) is 0 Å². The maximum Gasteiger partial charge on any atom is 0.316 e. The summed E-state index contributed by atoms with van der Waals surface area (Å²) in [6.07, 6.45) is 28.2. The summed E-state index contributed by atoms with van der Waals surface area (Å²) >= 11 is 0. The van der Waals surface area contributed by atoms with Gasteiger partial charge in [-0.15, -0.1) is 0 Å². The highest BCUT2D eigenvalue weighted by Crippen LogP contribution is 2.38. The lowest BCUT2D eigenvalue weighted by atomic mass is 9.71. The van der Waals surface area contributed by atoms with Gasteiger partial charge in [0.05, 0.1) is 11.3 Å². The zero-order valence-corrected chi connectivity index (χ0v) is 23.3. The zero-order chi connectivity index (χ0) is 25.8. The van der Waals surface area contributed by atoms with Gasteiger partial charge in [0.2, 0.25) is 0 Å². The third-order valence-electron chi connectivity index (χ3n) is 7.83. The molecular formula is C31H56O4. The summed E-state index contributed by atoms with van der Waals surface area (Å²) in [5.41, 5.74) is -1.06. The normalized spacial score (nSPS) is 20.6. The summed E-state index contributed by atoms with van der Waals surface area (Å²) in [5.74, 6) is -1.94. The van der Waals surface area contributed by atoms with Crippen molar-refractivity contribution in [3.63, 3.8) is 0 Å². The van der Waals surface area contributed by atoms with Crippen molar-refractivity contribution < 1.29 is 19.4 Å². The fourth-order valence-corrected chi connectivity index (χ4v) is 5.33. The summed E-state index contributed by atoms with van der Waals surface area (Å²) in [4.78, 5) is 25.0. The average molecular weight is 493 g/mol. The minimum atomic E-state index is -1.06. The number of carboxylic acids is 1. The molecule has 204 valence electrons. The number of esters is 1. The van der Waals surface area contributed by atoms with Crippen molar-refractivity contribution >= 4 is 11.9 Å². The van der Waals surface area contributed by atoms with Crippen LogP contribution in [0, 0.1) is 11.3 Å². The zero-order valence-electron chi connectivity index (χ0n) is 23.3. The van der Waals surface area contributed by atoms with Crippen LogP contribution in [0.15, 0.2) is 12.2 Å². The van der Waals surface area contributed by atoms with E-state index in [1.165, 1.54) is 96.3 Å². The molecule has 0 aromatic rings. The van der Waals surface area contributed by atoms with E-state index in [2.05, 4.69) is 13.8 Å². The fourth-order valence-electron chi connectivity index (χ4n) is 5.33. The molecule has 0 heterocycles. The van der Waals surface area contributed by atoms with Gasteiger partial charge in [-0.2, -0.15) is 0 Å². The minimum Gasteiger partial charge on any atom is -0.481 e. The minimum absolute atomic E-state index is 0.0891. The number of unbranched alkanes of at least 4 members (excludes halogenated alkanes) is 15. The first-order valence-electron chi connectivity index (χ1n) is 15.1. The maximum atomic E-state index is 13.2. The lowest BCUT2D eigenvalue weighted by molar-refractivity contribution is -0.168. The number of carbonyl (C=O) groups is 2.